The van der Waals surface area contributed by atoms with Gasteiger partial charge in [0.2, 0.25) is 0 Å². The number of nitrogens with one attached hydrogen (secondary N) is 1. The maximum Gasteiger partial charge on any atom is 0.122 e. The van der Waals surface area contributed by atoms with Gasteiger partial charge in [-0.1, -0.05) is 19.9 Å². The van der Waals surface area contributed by atoms with Crippen molar-refractivity contribution in [3.63, 3.8) is 0 Å². The predicted molar refractivity (Wildman–Crippen MR) is 73.9 cm³/mol. The summed E-state index contributed by atoms with van der Waals surface area (Å²) in [5.41, 5.74) is 3.95. The third kappa shape index (κ3) is 4.04. The third-order valence-corrected chi connectivity index (χ3v) is 3.04. The van der Waals surface area contributed by atoms with Crippen LogP contribution in [-0.2, 0) is 0 Å². The number of ether oxygens (including phenoxy) is 1. The van der Waals surface area contributed by atoms with Gasteiger partial charge in [-0.15, -0.1) is 0 Å². The minimum atomic E-state index is 0.152. The molecule has 0 aliphatic carbocycles. The van der Waals surface area contributed by atoms with Crippen LogP contribution in [0.15, 0.2) is 12.1 Å². The molecule has 17 heavy (non-hydrogen) atoms. The van der Waals surface area contributed by atoms with Gasteiger partial charge in [0.25, 0.3) is 0 Å². The topological polar surface area (TPSA) is 21.3 Å². The molecule has 0 spiro atoms. The lowest BCUT2D eigenvalue weighted by Gasteiger charge is -2.25. The molecule has 0 atom stereocenters. The van der Waals surface area contributed by atoms with E-state index in [0.717, 1.165) is 18.9 Å². The average molecular weight is 235 g/mol. The quantitative estimate of drug-likeness (QED) is 0.846. The van der Waals surface area contributed by atoms with E-state index in [2.05, 4.69) is 52.1 Å². The van der Waals surface area contributed by atoms with Crippen LogP contribution >= 0.6 is 0 Å². The Morgan fingerprint density at radius 1 is 1.18 bits per heavy atom. The molecule has 1 N–H and O–H groups in total. The average Bonchev–Trinajstić information content (AvgIpc) is 2.21. The monoisotopic (exact) mass is 235 g/mol. The van der Waals surface area contributed by atoms with Gasteiger partial charge in [-0.2, -0.15) is 0 Å². The third-order valence-electron chi connectivity index (χ3n) is 3.04. The van der Waals surface area contributed by atoms with E-state index < -0.39 is 0 Å². The van der Waals surface area contributed by atoms with E-state index in [1.54, 1.807) is 0 Å². The van der Waals surface area contributed by atoms with E-state index in [-0.39, 0.29) is 5.41 Å². The zero-order valence-corrected chi connectivity index (χ0v) is 12.0. The Morgan fingerprint density at radius 3 is 2.41 bits per heavy atom. The van der Waals surface area contributed by atoms with E-state index >= 15 is 0 Å². The fraction of sp³-hybridized carbons (Fsp3) is 0.600. The molecule has 2 heteroatoms. The minimum absolute atomic E-state index is 0.152. The van der Waals surface area contributed by atoms with Gasteiger partial charge >= 0.3 is 0 Å². The SMILES string of the molecule is CNCC(C)(C)COc1cc(C)cc(C)c1C. The fourth-order valence-electron chi connectivity index (χ4n) is 1.95. The van der Waals surface area contributed by atoms with Crippen molar-refractivity contribution < 1.29 is 4.74 Å². The van der Waals surface area contributed by atoms with Gasteiger partial charge < -0.3 is 10.1 Å². The molecule has 1 rings (SSSR count). The summed E-state index contributed by atoms with van der Waals surface area (Å²) in [7, 11) is 1.98. The second-order valence-electron chi connectivity index (χ2n) is 5.69. The van der Waals surface area contributed by atoms with Gasteiger partial charge in [-0.05, 0) is 50.6 Å². The zero-order chi connectivity index (χ0) is 13.1. The molecular formula is C15H25NO. The molecule has 0 aromatic heterocycles. The first kappa shape index (κ1) is 14.0. The highest BCUT2D eigenvalue weighted by Crippen LogP contribution is 2.25. The molecule has 0 aliphatic rings. The van der Waals surface area contributed by atoms with Crippen LogP contribution in [0, 0.1) is 26.2 Å². The number of rotatable bonds is 5. The van der Waals surface area contributed by atoms with Gasteiger partial charge in [-0.3, -0.25) is 0 Å². The summed E-state index contributed by atoms with van der Waals surface area (Å²) in [5.74, 6) is 1.02. The lowest BCUT2D eigenvalue weighted by Crippen LogP contribution is -2.32. The van der Waals surface area contributed by atoms with E-state index in [1.807, 2.05) is 7.05 Å². The number of aryl methyl sites for hydroxylation is 2. The standard InChI is InChI=1S/C15H25NO/c1-11-7-12(2)13(3)14(8-11)17-10-15(4,5)9-16-6/h7-8,16H,9-10H2,1-6H3. The minimum Gasteiger partial charge on any atom is -0.493 e. The zero-order valence-electron chi connectivity index (χ0n) is 12.0. The van der Waals surface area contributed by atoms with Crippen LogP contribution in [0.1, 0.15) is 30.5 Å². The van der Waals surface area contributed by atoms with Crippen LogP contribution in [0.5, 0.6) is 5.75 Å². The smallest absolute Gasteiger partial charge is 0.122 e. The van der Waals surface area contributed by atoms with E-state index in [0.29, 0.717) is 0 Å². The molecule has 0 aliphatic heterocycles. The highest BCUT2D eigenvalue weighted by molar-refractivity contribution is 5.41. The molecular weight excluding hydrogens is 210 g/mol. The Morgan fingerprint density at radius 2 is 1.82 bits per heavy atom. The molecule has 96 valence electrons. The molecule has 0 amide bonds. The summed E-state index contributed by atoms with van der Waals surface area (Å²) in [4.78, 5) is 0. The van der Waals surface area contributed by atoms with Crippen molar-refractivity contribution in [2.75, 3.05) is 20.2 Å². The predicted octanol–water partition coefficient (Wildman–Crippen LogP) is 3.24. The number of hydrogen-bond donors (Lipinski definition) is 1. The Balaban J connectivity index is 2.76. The van der Waals surface area contributed by atoms with Crippen LogP contribution in [0.4, 0.5) is 0 Å². The van der Waals surface area contributed by atoms with Crippen molar-refractivity contribution in [3.8, 4) is 5.75 Å². The molecule has 0 fully saturated rings. The molecule has 0 unspecified atom stereocenters. The Bertz CT molecular complexity index is 383. The van der Waals surface area contributed by atoms with E-state index in [1.165, 1.54) is 16.7 Å². The summed E-state index contributed by atoms with van der Waals surface area (Å²) < 4.78 is 5.98. The Hall–Kier alpha value is -1.02. The molecule has 0 heterocycles. The highest BCUT2D eigenvalue weighted by atomic mass is 16.5. The van der Waals surface area contributed by atoms with Crippen molar-refractivity contribution in [1.82, 2.24) is 5.32 Å². The van der Waals surface area contributed by atoms with Crippen LogP contribution in [0.3, 0.4) is 0 Å². The summed E-state index contributed by atoms with van der Waals surface area (Å²) in [6.07, 6.45) is 0. The van der Waals surface area contributed by atoms with Crippen LogP contribution in [0.2, 0.25) is 0 Å². The van der Waals surface area contributed by atoms with Crippen molar-refractivity contribution in [1.29, 1.82) is 0 Å². The maximum atomic E-state index is 5.98. The Labute approximate surface area is 105 Å². The van der Waals surface area contributed by atoms with E-state index in [9.17, 15) is 0 Å². The normalized spacial score (nSPS) is 11.6. The first-order valence-corrected chi connectivity index (χ1v) is 6.21. The highest BCUT2D eigenvalue weighted by Gasteiger charge is 2.18. The van der Waals surface area contributed by atoms with Gasteiger partial charge in [0.1, 0.15) is 5.75 Å². The lowest BCUT2D eigenvalue weighted by atomic mass is 9.95. The molecule has 1 aromatic rings. The Kier molecular flexibility index (Phi) is 4.58. The van der Waals surface area contributed by atoms with Gasteiger partial charge in [-0.25, -0.2) is 0 Å². The molecule has 0 radical (unpaired) electrons. The summed E-state index contributed by atoms with van der Waals surface area (Å²) in [6, 6.07) is 4.32. The number of hydrogen-bond acceptors (Lipinski definition) is 2. The summed E-state index contributed by atoms with van der Waals surface area (Å²) >= 11 is 0. The summed E-state index contributed by atoms with van der Waals surface area (Å²) in [6.45, 7) is 12.5. The van der Waals surface area contributed by atoms with Crippen molar-refractivity contribution >= 4 is 0 Å². The second-order valence-corrected chi connectivity index (χ2v) is 5.69. The molecule has 1 aromatic carbocycles. The van der Waals surface area contributed by atoms with Crippen molar-refractivity contribution in [3.05, 3.63) is 28.8 Å². The maximum absolute atomic E-state index is 5.98. The first-order chi connectivity index (χ1) is 7.85. The van der Waals surface area contributed by atoms with E-state index in [4.69, 9.17) is 4.74 Å². The van der Waals surface area contributed by atoms with Crippen LogP contribution < -0.4 is 10.1 Å². The lowest BCUT2D eigenvalue weighted by molar-refractivity contribution is 0.178. The van der Waals surface area contributed by atoms with Gasteiger partial charge in [0.15, 0.2) is 0 Å². The second kappa shape index (κ2) is 5.54. The molecule has 0 saturated carbocycles. The van der Waals surface area contributed by atoms with Gasteiger partial charge in [0, 0.05) is 12.0 Å². The van der Waals surface area contributed by atoms with Crippen molar-refractivity contribution in [2.24, 2.45) is 5.41 Å². The van der Waals surface area contributed by atoms with Crippen LogP contribution in [-0.4, -0.2) is 20.2 Å². The molecule has 0 bridgehead atoms. The van der Waals surface area contributed by atoms with Gasteiger partial charge in [0.05, 0.1) is 6.61 Å². The summed E-state index contributed by atoms with van der Waals surface area (Å²) in [5, 5.41) is 3.20. The molecule has 0 saturated heterocycles. The number of benzene rings is 1. The van der Waals surface area contributed by atoms with Crippen LogP contribution in [0.25, 0.3) is 0 Å². The molecule has 2 nitrogen and oxygen atoms in total. The first-order valence-electron chi connectivity index (χ1n) is 6.21. The fourth-order valence-corrected chi connectivity index (χ4v) is 1.95. The largest absolute Gasteiger partial charge is 0.493 e. The van der Waals surface area contributed by atoms with Crippen molar-refractivity contribution in [2.45, 2.75) is 34.6 Å².